The van der Waals surface area contributed by atoms with Crippen LogP contribution in [0.4, 0.5) is 0 Å². The molecule has 0 saturated heterocycles. The van der Waals surface area contributed by atoms with Gasteiger partial charge >= 0.3 is 0 Å². The third-order valence-electron chi connectivity index (χ3n) is 2.27. The molecular weight excluding hydrogens is 156 g/mol. The van der Waals surface area contributed by atoms with Crippen LogP contribution < -0.4 is 0 Å². The topological polar surface area (TPSA) is 0 Å². The fourth-order valence-corrected chi connectivity index (χ4v) is 1.36. The molecule has 0 nitrogen and oxygen atoms in total. The van der Waals surface area contributed by atoms with Crippen LogP contribution in [0.2, 0.25) is 0 Å². The van der Waals surface area contributed by atoms with Gasteiger partial charge in [-0.05, 0) is 24.5 Å². The summed E-state index contributed by atoms with van der Waals surface area (Å²) in [5.74, 6) is 2.96. The van der Waals surface area contributed by atoms with Crippen LogP contribution >= 0.6 is 0 Å². The Morgan fingerprint density at radius 3 is 2.38 bits per heavy atom. The minimum atomic E-state index is 0.232. The van der Waals surface area contributed by atoms with Gasteiger partial charge in [0.2, 0.25) is 0 Å². The summed E-state index contributed by atoms with van der Waals surface area (Å²) in [5.41, 5.74) is 2.64. The molecule has 0 fully saturated rings. The van der Waals surface area contributed by atoms with E-state index in [1.165, 1.54) is 17.5 Å². The van der Waals surface area contributed by atoms with Crippen LogP contribution in [0.5, 0.6) is 0 Å². The average Bonchev–Trinajstić information content (AvgIpc) is 2.18. The molecule has 0 unspecified atom stereocenters. The van der Waals surface area contributed by atoms with E-state index in [1.807, 2.05) is 0 Å². The summed E-state index contributed by atoms with van der Waals surface area (Å²) in [6.07, 6.45) is 7.71. The Bertz CT molecular complexity index is 287. The van der Waals surface area contributed by atoms with Gasteiger partial charge in [-0.1, -0.05) is 43.5 Å². The van der Waals surface area contributed by atoms with Gasteiger partial charge < -0.3 is 0 Å². The fourth-order valence-electron chi connectivity index (χ4n) is 1.36. The first-order valence-corrected chi connectivity index (χ1v) is 4.83. The van der Waals surface area contributed by atoms with Crippen molar-refractivity contribution in [3.63, 3.8) is 0 Å². The molecule has 0 bridgehead atoms. The molecular formula is C13H16. The van der Waals surface area contributed by atoms with E-state index in [0.717, 1.165) is 6.42 Å². The molecule has 0 aromatic heterocycles. The lowest BCUT2D eigenvalue weighted by Crippen LogP contribution is -1.90. The molecule has 13 heavy (non-hydrogen) atoms. The molecule has 1 atom stereocenters. The van der Waals surface area contributed by atoms with Crippen LogP contribution in [-0.4, -0.2) is 0 Å². The van der Waals surface area contributed by atoms with E-state index in [0.29, 0.717) is 0 Å². The summed E-state index contributed by atoms with van der Waals surface area (Å²) < 4.78 is 0. The smallest absolute Gasteiger partial charge is 0.0421 e. The second-order valence-corrected chi connectivity index (χ2v) is 3.38. The minimum absolute atomic E-state index is 0.232. The van der Waals surface area contributed by atoms with Gasteiger partial charge in [-0.3, -0.25) is 0 Å². The third-order valence-corrected chi connectivity index (χ3v) is 2.27. The Kier molecular flexibility index (Phi) is 3.58. The predicted molar refractivity (Wildman–Crippen MR) is 57.7 cm³/mol. The molecule has 0 radical (unpaired) electrons. The van der Waals surface area contributed by atoms with Crippen molar-refractivity contribution in [1.82, 2.24) is 0 Å². The highest BCUT2D eigenvalue weighted by atomic mass is 14.0. The van der Waals surface area contributed by atoms with Gasteiger partial charge in [0.15, 0.2) is 0 Å². The molecule has 68 valence electrons. The zero-order valence-corrected chi connectivity index (χ0v) is 8.38. The molecule has 1 aromatic carbocycles. The van der Waals surface area contributed by atoms with Gasteiger partial charge in [-0.15, -0.1) is 6.42 Å². The Labute approximate surface area is 81.0 Å². The van der Waals surface area contributed by atoms with E-state index in [1.54, 1.807) is 0 Å². The van der Waals surface area contributed by atoms with Crippen molar-refractivity contribution >= 4 is 0 Å². The lowest BCUT2D eigenvalue weighted by molar-refractivity contribution is 0.916. The largest absolute Gasteiger partial charge is 0.119 e. The highest BCUT2D eigenvalue weighted by Gasteiger charge is 2.00. The highest BCUT2D eigenvalue weighted by molar-refractivity contribution is 5.29. The number of aryl methyl sites for hydroxylation is 1. The summed E-state index contributed by atoms with van der Waals surface area (Å²) >= 11 is 0. The van der Waals surface area contributed by atoms with Crippen molar-refractivity contribution < 1.29 is 0 Å². The molecule has 1 aromatic rings. The average molecular weight is 172 g/mol. The number of hydrogen-bond donors (Lipinski definition) is 0. The zero-order chi connectivity index (χ0) is 9.68. The Morgan fingerprint density at radius 2 is 1.92 bits per heavy atom. The van der Waals surface area contributed by atoms with E-state index in [2.05, 4.69) is 44.0 Å². The van der Waals surface area contributed by atoms with Gasteiger partial charge in [0.05, 0.1) is 0 Å². The summed E-state index contributed by atoms with van der Waals surface area (Å²) in [5, 5.41) is 0. The Morgan fingerprint density at radius 1 is 1.31 bits per heavy atom. The first-order valence-electron chi connectivity index (χ1n) is 4.83. The van der Waals surface area contributed by atoms with Gasteiger partial charge in [0.25, 0.3) is 0 Å². The number of benzene rings is 1. The summed E-state index contributed by atoms with van der Waals surface area (Å²) in [4.78, 5) is 0. The molecule has 0 saturated carbocycles. The first kappa shape index (κ1) is 9.86. The van der Waals surface area contributed by atoms with Gasteiger partial charge in [0, 0.05) is 5.92 Å². The molecule has 0 amide bonds. The number of rotatable bonds is 3. The van der Waals surface area contributed by atoms with E-state index in [9.17, 15) is 0 Å². The van der Waals surface area contributed by atoms with Gasteiger partial charge in [-0.2, -0.15) is 0 Å². The van der Waals surface area contributed by atoms with Crippen LogP contribution in [-0.2, 0) is 6.42 Å². The molecule has 0 spiro atoms. The van der Waals surface area contributed by atoms with Crippen molar-refractivity contribution in [3.8, 4) is 12.3 Å². The van der Waals surface area contributed by atoms with Gasteiger partial charge in [0.1, 0.15) is 0 Å². The standard InChI is InChI=1S/C13H16/c1-4-6-12-7-9-13(10-8-12)11(3)5-2/h2,7-11H,4,6H2,1,3H3/t11-/m1/s1. The van der Waals surface area contributed by atoms with Crippen molar-refractivity contribution in [1.29, 1.82) is 0 Å². The van der Waals surface area contributed by atoms with Crippen LogP contribution in [0, 0.1) is 12.3 Å². The quantitative estimate of drug-likeness (QED) is 0.613. The zero-order valence-electron chi connectivity index (χ0n) is 8.38. The second-order valence-electron chi connectivity index (χ2n) is 3.38. The van der Waals surface area contributed by atoms with Crippen LogP contribution in [0.3, 0.4) is 0 Å². The first-order chi connectivity index (χ1) is 6.27. The molecule has 0 aliphatic heterocycles. The second kappa shape index (κ2) is 4.72. The maximum absolute atomic E-state index is 5.35. The van der Waals surface area contributed by atoms with Crippen molar-refractivity contribution in [3.05, 3.63) is 35.4 Å². The van der Waals surface area contributed by atoms with Crippen molar-refractivity contribution in [2.24, 2.45) is 0 Å². The molecule has 0 heteroatoms. The maximum Gasteiger partial charge on any atom is 0.0421 e. The monoisotopic (exact) mass is 172 g/mol. The minimum Gasteiger partial charge on any atom is -0.119 e. The van der Waals surface area contributed by atoms with Crippen LogP contribution in [0.15, 0.2) is 24.3 Å². The van der Waals surface area contributed by atoms with Crippen molar-refractivity contribution in [2.75, 3.05) is 0 Å². The molecule has 0 heterocycles. The molecule has 0 aliphatic rings. The summed E-state index contributed by atoms with van der Waals surface area (Å²) in [7, 11) is 0. The number of terminal acetylenes is 1. The van der Waals surface area contributed by atoms with Crippen molar-refractivity contribution in [2.45, 2.75) is 32.6 Å². The summed E-state index contributed by atoms with van der Waals surface area (Å²) in [6.45, 7) is 4.24. The fraction of sp³-hybridized carbons (Fsp3) is 0.385. The van der Waals surface area contributed by atoms with Gasteiger partial charge in [-0.25, -0.2) is 0 Å². The number of hydrogen-bond acceptors (Lipinski definition) is 0. The SMILES string of the molecule is C#C[C@@H](C)c1ccc(CCC)cc1. The lowest BCUT2D eigenvalue weighted by Gasteiger charge is -2.05. The van der Waals surface area contributed by atoms with Crippen LogP contribution in [0.1, 0.15) is 37.3 Å². The Hall–Kier alpha value is -1.22. The molecule has 1 rings (SSSR count). The molecule has 0 aliphatic carbocycles. The van der Waals surface area contributed by atoms with E-state index >= 15 is 0 Å². The Balaban J connectivity index is 2.76. The van der Waals surface area contributed by atoms with Crippen LogP contribution in [0.25, 0.3) is 0 Å². The lowest BCUT2D eigenvalue weighted by atomic mass is 9.99. The van der Waals surface area contributed by atoms with E-state index < -0.39 is 0 Å². The summed E-state index contributed by atoms with van der Waals surface area (Å²) in [6, 6.07) is 8.62. The predicted octanol–water partition coefficient (Wildman–Crippen LogP) is 3.38. The maximum atomic E-state index is 5.35. The van der Waals surface area contributed by atoms with E-state index in [-0.39, 0.29) is 5.92 Å². The van der Waals surface area contributed by atoms with E-state index in [4.69, 9.17) is 6.42 Å². The normalized spacial score (nSPS) is 12.1. The molecule has 0 N–H and O–H groups in total. The highest BCUT2D eigenvalue weighted by Crippen LogP contribution is 2.15. The third kappa shape index (κ3) is 2.63.